The van der Waals surface area contributed by atoms with Crippen molar-refractivity contribution in [1.82, 2.24) is 9.80 Å². The quantitative estimate of drug-likeness (QED) is 0.149. The third kappa shape index (κ3) is 10.1. The summed E-state index contributed by atoms with van der Waals surface area (Å²) in [6, 6.07) is 5.31. The van der Waals surface area contributed by atoms with E-state index in [0.717, 1.165) is 24.3 Å². The summed E-state index contributed by atoms with van der Waals surface area (Å²) >= 11 is 0. The molecular formula is C22H27N4NaO12S2. The summed E-state index contributed by atoms with van der Waals surface area (Å²) < 4.78 is 65.3. The zero-order valence-electron chi connectivity index (χ0n) is 22.8. The van der Waals surface area contributed by atoms with Crippen molar-refractivity contribution in [3.05, 3.63) is 67.8 Å². The molecule has 0 spiro atoms. The van der Waals surface area contributed by atoms with Crippen LogP contribution in [0.25, 0.3) is 0 Å². The van der Waals surface area contributed by atoms with Gasteiger partial charge in [0, 0.05) is 50.4 Å². The van der Waals surface area contributed by atoms with E-state index in [2.05, 4.69) is 0 Å². The molecule has 0 aromatic heterocycles. The van der Waals surface area contributed by atoms with Crippen molar-refractivity contribution in [2.24, 2.45) is 0 Å². The minimum Gasteiger partial charge on any atom is -0.744 e. The molecule has 0 saturated heterocycles. The molecule has 16 nitrogen and oxygen atoms in total. The van der Waals surface area contributed by atoms with E-state index < -0.39 is 63.1 Å². The minimum atomic E-state index is -4.99. The molecule has 0 radical (unpaired) electrons. The Balaban J connectivity index is 0.000000762. The van der Waals surface area contributed by atoms with Gasteiger partial charge in [-0.3, -0.25) is 34.4 Å². The number of carbonyl (C=O) groups is 2. The summed E-state index contributed by atoms with van der Waals surface area (Å²) in [5.74, 6) is -1.27. The number of benzene rings is 2. The predicted octanol–water partition coefficient (Wildman–Crippen LogP) is -0.692. The van der Waals surface area contributed by atoms with E-state index in [-0.39, 0.29) is 40.7 Å². The molecule has 2 amide bonds. The predicted molar refractivity (Wildman–Crippen MR) is 138 cm³/mol. The van der Waals surface area contributed by atoms with E-state index >= 15 is 0 Å². The van der Waals surface area contributed by atoms with Crippen molar-refractivity contribution in [3.63, 3.8) is 0 Å². The first-order valence-corrected chi connectivity index (χ1v) is 14.4. The minimum absolute atomic E-state index is 0. The van der Waals surface area contributed by atoms with Gasteiger partial charge >= 0.3 is 29.6 Å². The van der Waals surface area contributed by atoms with E-state index in [1.165, 1.54) is 9.80 Å². The molecule has 2 aromatic rings. The molecule has 2 rings (SSSR count). The maximum atomic E-state index is 12.1. The normalized spacial score (nSPS) is 10.9. The average Bonchev–Trinajstić information content (AvgIpc) is 2.88. The molecular weight excluding hydrogens is 599 g/mol. The van der Waals surface area contributed by atoms with Gasteiger partial charge in [-0.05, 0) is 39.8 Å². The van der Waals surface area contributed by atoms with E-state index in [4.69, 9.17) is 4.55 Å². The maximum Gasteiger partial charge on any atom is 1.00 e. The number of rotatable bonds is 10. The number of hydrogen-bond acceptors (Lipinski definition) is 11. The van der Waals surface area contributed by atoms with Gasteiger partial charge in [0.2, 0.25) is 0 Å². The first-order chi connectivity index (χ1) is 18.4. The summed E-state index contributed by atoms with van der Waals surface area (Å²) in [5.41, 5.74) is -1.72. The summed E-state index contributed by atoms with van der Waals surface area (Å²) in [6.45, 7) is 8.14. The first-order valence-electron chi connectivity index (χ1n) is 11.5. The van der Waals surface area contributed by atoms with Crippen LogP contribution in [0.15, 0.2) is 46.2 Å². The van der Waals surface area contributed by atoms with Crippen LogP contribution in [-0.4, -0.2) is 83.6 Å². The van der Waals surface area contributed by atoms with Gasteiger partial charge in [0.25, 0.3) is 33.3 Å². The number of non-ortho nitro benzene ring substituents is 2. The van der Waals surface area contributed by atoms with Gasteiger partial charge in [-0.1, -0.05) is 0 Å². The zero-order valence-corrected chi connectivity index (χ0v) is 26.5. The van der Waals surface area contributed by atoms with Crippen LogP contribution in [0.2, 0.25) is 0 Å². The van der Waals surface area contributed by atoms with E-state index in [0.29, 0.717) is 38.3 Å². The van der Waals surface area contributed by atoms with E-state index in [1.54, 1.807) is 27.7 Å². The number of nitro benzene ring substituents is 2. The molecule has 0 bridgehead atoms. The molecule has 41 heavy (non-hydrogen) atoms. The fourth-order valence-corrected chi connectivity index (χ4v) is 4.78. The Bertz CT molecular complexity index is 1390. The van der Waals surface area contributed by atoms with Gasteiger partial charge < -0.3 is 14.4 Å². The fourth-order valence-electron chi connectivity index (χ4n) is 3.39. The van der Waals surface area contributed by atoms with Gasteiger partial charge in [0.05, 0.1) is 25.9 Å². The molecule has 0 aliphatic heterocycles. The number of hydrogen-bond donors (Lipinski definition) is 1. The Hall–Kier alpha value is -3.00. The van der Waals surface area contributed by atoms with Crippen molar-refractivity contribution in [1.29, 1.82) is 0 Å². The van der Waals surface area contributed by atoms with Gasteiger partial charge in [-0.2, -0.15) is 8.42 Å². The summed E-state index contributed by atoms with van der Waals surface area (Å²) in [7, 11) is -9.72. The Labute approximate surface area is 258 Å². The van der Waals surface area contributed by atoms with Crippen LogP contribution in [0, 0.1) is 20.2 Å². The Morgan fingerprint density at radius 1 is 0.732 bits per heavy atom. The molecule has 0 unspecified atom stereocenters. The van der Waals surface area contributed by atoms with Crippen molar-refractivity contribution < 1.29 is 74.9 Å². The van der Waals surface area contributed by atoms with Crippen molar-refractivity contribution in [2.45, 2.75) is 37.5 Å². The Morgan fingerprint density at radius 2 is 1.05 bits per heavy atom. The smallest absolute Gasteiger partial charge is 0.744 e. The van der Waals surface area contributed by atoms with Crippen molar-refractivity contribution in [2.75, 3.05) is 26.2 Å². The SMILES string of the molecule is CCN(CC)C(=O)c1ccc([N+](=O)[O-])cc1S(=O)(=O)O.CCN(CC)C(=O)c1ccc([N+](=O)[O-])cc1S(=O)(=O)[O-].[Na+]. The van der Waals surface area contributed by atoms with Crippen LogP contribution in [0.4, 0.5) is 11.4 Å². The van der Waals surface area contributed by atoms with Crippen LogP contribution in [0.3, 0.4) is 0 Å². The zero-order chi connectivity index (χ0) is 31.0. The summed E-state index contributed by atoms with van der Waals surface area (Å²) in [4.78, 5) is 44.9. The standard InChI is InChI=1S/2C11H14N2O6S.Na/c2*1-3-12(4-2)11(14)9-6-5-8(13(15)16)7-10(9)20(17,18)19;/h2*5-7H,3-4H2,1-2H3,(H,17,18,19);/q;;+1/p-1. The summed E-state index contributed by atoms with van der Waals surface area (Å²) in [5, 5.41) is 21.3. The molecule has 0 saturated carbocycles. The topological polar surface area (TPSA) is 238 Å². The second kappa shape index (κ2) is 15.9. The molecule has 1 N–H and O–H groups in total. The largest absolute Gasteiger partial charge is 1.00 e. The average molecular weight is 627 g/mol. The van der Waals surface area contributed by atoms with Gasteiger partial charge in [-0.25, -0.2) is 8.42 Å². The van der Waals surface area contributed by atoms with E-state index in [9.17, 15) is 51.2 Å². The number of amides is 2. The van der Waals surface area contributed by atoms with E-state index in [1.807, 2.05) is 0 Å². The molecule has 0 fully saturated rings. The monoisotopic (exact) mass is 626 g/mol. The summed E-state index contributed by atoms with van der Waals surface area (Å²) in [6.07, 6.45) is 0. The van der Waals surface area contributed by atoms with Gasteiger partial charge in [0.1, 0.15) is 15.0 Å². The third-order valence-electron chi connectivity index (χ3n) is 5.46. The molecule has 19 heteroatoms. The number of nitrogens with zero attached hydrogens (tertiary/aromatic N) is 4. The second-order valence-electron chi connectivity index (χ2n) is 7.76. The van der Waals surface area contributed by atoms with Crippen molar-refractivity contribution in [3.8, 4) is 0 Å². The van der Waals surface area contributed by atoms with Crippen LogP contribution in [0.5, 0.6) is 0 Å². The van der Waals surface area contributed by atoms with Crippen LogP contribution in [0.1, 0.15) is 48.4 Å². The molecule has 0 aliphatic rings. The third-order valence-corrected chi connectivity index (χ3v) is 7.23. The molecule has 0 aliphatic carbocycles. The first kappa shape index (κ1) is 38.0. The second-order valence-corrected chi connectivity index (χ2v) is 10.5. The molecule has 0 heterocycles. The maximum absolute atomic E-state index is 12.1. The van der Waals surface area contributed by atoms with Crippen LogP contribution >= 0.6 is 0 Å². The van der Waals surface area contributed by atoms with Gasteiger partial charge in [-0.15, -0.1) is 0 Å². The van der Waals surface area contributed by atoms with Crippen molar-refractivity contribution >= 4 is 43.4 Å². The molecule has 0 atom stereocenters. The molecule has 2 aromatic carbocycles. The van der Waals surface area contributed by atoms with Crippen LogP contribution < -0.4 is 29.6 Å². The Kier molecular flexibility index (Phi) is 14.7. The van der Waals surface area contributed by atoms with Crippen LogP contribution in [-0.2, 0) is 20.2 Å². The van der Waals surface area contributed by atoms with Gasteiger partial charge in [0.15, 0.2) is 0 Å². The number of carbonyl (C=O) groups excluding carboxylic acids is 2. The fraction of sp³-hybridized carbons (Fsp3) is 0.364. The molecule has 220 valence electrons. The number of nitro groups is 2. The Morgan fingerprint density at radius 3 is 1.32 bits per heavy atom.